The van der Waals surface area contributed by atoms with Crippen molar-refractivity contribution in [1.29, 1.82) is 0 Å². The minimum atomic E-state index is 0.0422. The van der Waals surface area contributed by atoms with Gasteiger partial charge < -0.3 is 9.51 Å². The lowest BCUT2D eigenvalue weighted by Gasteiger charge is -2.36. The number of fused-ring (bicyclic) bond motifs is 1. The van der Waals surface area contributed by atoms with Gasteiger partial charge in [-0.3, -0.25) is 4.90 Å². The molecule has 0 saturated carbocycles. The van der Waals surface area contributed by atoms with Crippen LogP contribution in [-0.4, -0.2) is 39.1 Å². The van der Waals surface area contributed by atoms with Crippen molar-refractivity contribution in [3.05, 3.63) is 35.8 Å². The van der Waals surface area contributed by atoms with Gasteiger partial charge in [0.1, 0.15) is 5.65 Å². The molecule has 0 radical (unpaired) electrons. The van der Waals surface area contributed by atoms with E-state index in [9.17, 15) is 5.11 Å². The summed E-state index contributed by atoms with van der Waals surface area (Å²) < 4.78 is 2.11. The summed E-state index contributed by atoms with van der Waals surface area (Å²) >= 11 is 0. The number of nitrogens with zero attached hydrogens (tertiary/aromatic N) is 3. The molecule has 0 aliphatic heterocycles. The van der Waals surface area contributed by atoms with E-state index in [4.69, 9.17) is 0 Å². The zero-order valence-corrected chi connectivity index (χ0v) is 13.1. The summed E-state index contributed by atoms with van der Waals surface area (Å²) in [6, 6.07) is 4.29. The Morgan fingerprint density at radius 2 is 2.10 bits per heavy atom. The molecule has 0 aromatic carbocycles. The fourth-order valence-electron chi connectivity index (χ4n) is 2.69. The molecule has 0 aliphatic carbocycles. The van der Waals surface area contributed by atoms with Crippen LogP contribution in [0.4, 0.5) is 0 Å². The average Bonchev–Trinajstić information content (AvgIpc) is 2.70. The third kappa shape index (κ3) is 3.02. The van der Waals surface area contributed by atoms with Crippen LogP contribution in [0.3, 0.4) is 0 Å². The van der Waals surface area contributed by atoms with Gasteiger partial charge in [-0.1, -0.05) is 20.8 Å². The SMILES string of the molecule is Cc1ccn2c(CN(C)C(CO)C(C)(C)C)cnc2c1. The molecule has 1 N–H and O–H groups in total. The number of aryl methyl sites for hydroxylation is 1. The molecule has 1 unspecified atom stereocenters. The number of hydrogen-bond acceptors (Lipinski definition) is 3. The van der Waals surface area contributed by atoms with Gasteiger partial charge in [0.2, 0.25) is 0 Å². The van der Waals surface area contributed by atoms with E-state index in [0.29, 0.717) is 0 Å². The quantitative estimate of drug-likeness (QED) is 0.932. The van der Waals surface area contributed by atoms with E-state index in [1.807, 2.05) is 6.20 Å². The largest absolute Gasteiger partial charge is 0.395 e. The van der Waals surface area contributed by atoms with Crippen LogP contribution in [-0.2, 0) is 6.54 Å². The Labute approximate surface area is 121 Å². The van der Waals surface area contributed by atoms with E-state index >= 15 is 0 Å². The first-order valence-electron chi connectivity index (χ1n) is 7.06. The molecular weight excluding hydrogens is 250 g/mol. The van der Waals surface area contributed by atoms with Crippen LogP contribution < -0.4 is 0 Å². The molecule has 4 nitrogen and oxygen atoms in total. The number of aromatic nitrogens is 2. The monoisotopic (exact) mass is 275 g/mol. The third-order valence-electron chi connectivity index (χ3n) is 3.86. The van der Waals surface area contributed by atoms with Crippen LogP contribution >= 0.6 is 0 Å². The lowest BCUT2D eigenvalue weighted by Crippen LogP contribution is -2.44. The van der Waals surface area contributed by atoms with Gasteiger partial charge in [0.15, 0.2) is 0 Å². The van der Waals surface area contributed by atoms with Gasteiger partial charge in [0, 0.05) is 18.8 Å². The standard InChI is InChI=1S/C16H25N3O/c1-12-6-7-19-13(9-17-15(19)8-12)10-18(5)14(11-20)16(2,3)4/h6-9,14,20H,10-11H2,1-5H3. The molecule has 2 heterocycles. The first-order chi connectivity index (χ1) is 9.32. The number of imidazole rings is 1. The van der Waals surface area contributed by atoms with E-state index < -0.39 is 0 Å². The van der Waals surface area contributed by atoms with Crippen molar-refractivity contribution < 1.29 is 5.11 Å². The number of aliphatic hydroxyl groups excluding tert-OH is 1. The van der Waals surface area contributed by atoms with Crippen molar-refractivity contribution in [1.82, 2.24) is 14.3 Å². The van der Waals surface area contributed by atoms with E-state index in [2.05, 4.69) is 67.4 Å². The highest BCUT2D eigenvalue weighted by atomic mass is 16.3. The molecule has 0 spiro atoms. The molecule has 2 rings (SSSR count). The van der Waals surface area contributed by atoms with Crippen molar-refractivity contribution >= 4 is 5.65 Å². The fraction of sp³-hybridized carbons (Fsp3) is 0.562. The van der Waals surface area contributed by atoms with Crippen molar-refractivity contribution in [3.8, 4) is 0 Å². The van der Waals surface area contributed by atoms with Crippen LogP contribution in [0.1, 0.15) is 32.0 Å². The molecule has 1 atom stereocenters. The second-order valence-corrected chi connectivity index (χ2v) is 6.66. The molecule has 2 aromatic rings. The molecule has 0 aliphatic rings. The van der Waals surface area contributed by atoms with Crippen molar-refractivity contribution in [2.24, 2.45) is 5.41 Å². The summed E-state index contributed by atoms with van der Waals surface area (Å²) in [5, 5.41) is 9.65. The number of pyridine rings is 1. The molecule has 2 aromatic heterocycles. The van der Waals surface area contributed by atoms with Crippen molar-refractivity contribution in [2.45, 2.75) is 40.3 Å². The first-order valence-corrected chi connectivity index (χ1v) is 7.06. The Balaban J connectivity index is 2.23. The lowest BCUT2D eigenvalue weighted by molar-refractivity contribution is 0.0605. The van der Waals surface area contributed by atoms with Crippen molar-refractivity contribution in [3.63, 3.8) is 0 Å². The number of rotatable bonds is 4. The zero-order valence-electron chi connectivity index (χ0n) is 13.1. The second-order valence-electron chi connectivity index (χ2n) is 6.66. The smallest absolute Gasteiger partial charge is 0.137 e. The van der Waals surface area contributed by atoms with E-state index in [-0.39, 0.29) is 18.1 Å². The van der Waals surface area contributed by atoms with Gasteiger partial charge in [-0.2, -0.15) is 0 Å². The van der Waals surface area contributed by atoms with E-state index in [1.54, 1.807) is 0 Å². The van der Waals surface area contributed by atoms with Crippen LogP contribution in [0, 0.1) is 12.3 Å². The topological polar surface area (TPSA) is 40.8 Å². The highest BCUT2D eigenvalue weighted by Crippen LogP contribution is 2.24. The van der Waals surface area contributed by atoms with Crippen LogP contribution in [0.15, 0.2) is 24.5 Å². The maximum atomic E-state index is 9.65. The van der Waals surface area contributed by atoms with Gasteiger partial charge in [-0.05, 0) is 37.1 Å². The molecule has 0 saturated heterocycles. The summed E-state index contributed by atoms with van der Waals surface area (Å²) in [5.74, 6) is 0. The zero-order chi connectivity index (χ0) is 14.9. The van der Waals surface area contributed by atoms with Gasteiger partial charge >= 0.3 is 0 Å². The van der Waals surface area contributed by atoms with Gasteiger partial charge in [-0.15, -0.1) is 0 Å². The summed E-state index contributed by atoms with van der Waals surface area (Å²) in [7, 11) is 2.06. The minimum absolute atomic E-state index is 0.0422. The van der Waals surface area contributed by atoms with Crippen LogP contribution in [0.5, 0.6) is 0 Å². The molecular formula is C16H25N3O. The molecule has 0 bridgehead atoms. The summed E-state index contributed by atoms with van der Waals surface area (Å²) in [4.78, 5) is 6.65. The summed E-state index contributed by atoms with van der Waals surface area (Å²) in [6.45, 7) is 9.47. The predicted molar refractivity (Wildman–Crippen MR) is 81.7 cm³/mol. The summed E-state index contributed by atoms with van der Waals surface area (Å²) in [5.41, 5.74) is 3.38. The normalized spacial score (nSPS) is 14.2. The highest BCUT2D eigenvalue weighted by molar-refractivity contribution is 5.42. The number of hydrogen-bond donors (Lipinski definition) is 1. The lowest BCUT2D eigenvalue weighted by atomic mass is 9.86. The second kappa shape index (κ2) is 5.54. The Morgan fingerprint density at radius 1 is 1.40 bits per heavy atom. The number of aliphatic hydroxyl groups is 1. The maximum Gasteiger partial charge on any atom is 0.137 e. The highest BCUT2D eigenvalue weighted by Gasteiger charge is 2.28. The Morgan fingerprint density at radius 3 is 2.70 bits per heavy atom. The average molecular weight is 275 g/mol. The first kappa shape index (κ1) is 15.0. The third-order valence-corrected chi connectivity index (χ3v) is 3.86. The maximum absolute atomic E-state index is 9.65. The van der Waals surface area contributed by atoms with Crippen LogP contribution in [0.25, 0.3) is 5.65 Å². The Kier molecular flexibility index (Phi) is 4.16. The Bertz CT molecular complexity index is 583. The molecule has 110 valence electrons. The summed E-state index contributed by atoms with van der Waals surface area (Å²) in [6.07, 6.45) is 3.98. The molecule has 0 fully saturated rings. The fourth-order valence-corrected chi connectivity index (χ4v) is 2.69. The van der Waals surface area contributed by atoms with Crippen molar-refractivity contribution in [2.75, 3.05) is 13.7 Å². The minimum Gasteiger partial charge on any atom is -0.395 e. The predicted octanol–water partition coefficient (Wildman–Crippen LogP) is 2.48. The molecule has 0 amide bonds. The van der Waals surface area contributed by atoms with Gasteiger partial charge in [0.05, 0.1) is 18.5 Å². The van der Waals surface area contributed by atoms with E-state index in [1.165, 1.54) is 5.56 Å². The number of likely N-dealkylation sites (N-methyl/N-ethyl adjacent to an activating group) is 1. The van der Waals surface area contributed by atoms with E-state index in [0.717, 1.165) is 17.9 Å². The van der Waals surface area contributed by atoms with Gasteiger partial charge in [0.25, 0.3) is 0 Å². The Hall–Kier alpha value is -1.39. The van der Waals surface area contributed by atoms with Crippen LogP contribution in [0.2, 0.25) is 0 Å². The van der Waals surface area contributed by atoms with Gasteiger partial charge in [-0.25, -0.2) is 4.98 Å². The molecule has 4 heteroatoms. The molecule has 20 heavy (non-hydrogen) atoms.